The fourth-order valence-electron chi connectivity index (χ4n) is 2.78. The number of amides is 1. The Morgan fingerprint density at radius 2 is 2.28 bits per heavy atom. The van der Waals surface area contributed by atoms with Crippen LogP contribution in [0.1, 0.15) is 40.2 Å². The van der Waals surface area contributed by atoms with Gasteiger partial charge in [-0.2, -0.15) is 10.1 Å². The Hall–Kier alpha value is -2.26. The van der Waals surface area contributed by atoms with Gasteiger partial charge in [-0.25, -0.2) is 0 Å². The van der Waals surface area contributed by atoms with Crippen LogP contribution in [0.25, 0.3) is 0 Å². The van der Waals surface area contributed by atoms with Crippen LogP contribution >= 0.6 is 0 Å². The quantitative estimate of drug-likeness (QED) is 0.685. The number of ether oxygens (including phenoxy) is 2. The van der Waals surface area contributed by atoms with Crippen molar-refractivity contribution in [2.45, 2.75) is 25.9 Å². The summed E-state index contributed by atoms with van der Waals surface area (Å²) in [5.41, 5.74) is 1.43. The molecule has 1 aliphatic rings. The van der Waals surface area contributed by atoms with E-state index in [9.17, 15) is 4.79 Å². The standard InChI is InChI=1S/C16H23N5O4/c1-11-8-13(18-20(11)2)16(22)21-5-4-12(9-21)15-17-14(25-19-15)10-24-7-6-23-3/h8,12H,4-7,9-10H2,1-3H3. The van der Waals surface area contributed by atoms with Gasteiger partial charge in [0.25, 0.3) is 11.8 Å². The van der Waals surface area contributed by atoms with Gasteiger partial charge < -0.3 is 18.9 Å². The van der Waals surface area contributed by atoms with Crippen molar-refractivity contribution in [3.8, 4) is 0 Å². The zero-order chi connectivity index (χ0) is 17.8. The fraction of sp³-hybridized carbons (Fsp3) is 0.625. The van der Waals surface area contributed by atoms with E-state index >= 15 is 0 Å². The maximum Gasteiger partial charge on any atom is 0.274 e. The summed E-state index contributed by atoms with van der Waals surface area (Å²) < 4.78 is 17.2. The minimum absolute atomic E-state index is 0.0576. The summed E-state index contributed by atoms with van der Waals surface area (Å²) in [6.45, 7) is 4.41. The number of hydrogen-bond acceptors (Lipinski definition) is 7. The molecule has 0 bridgehead atoms. The second-order valence-electron chi connectivity index (χ2n) is 6.12. The van der Waals surface area contributed by atoms with Crippen LogP contribution in [-0.2, 0) is 23.1 Å². The molecule has 0 spiro atoms. The summed E-state index contributed by atoms with van der Waals surface area (Å²) in [6, 6.07) is 1.81. The van der Waals surface area contributed by atoms with Crippen molar-refractivity contribution in [2.24, 2.45) is 7.05 Å². The third-order valence-electron chi connectivity index (χ3n) is 4.31. The Morgan fingerprint density at radius 3 is 3.00 bits per heavy atom. The smallest absolute Gasteiger partial charge is 0.274 e. The Bertz CT molecular complexity index is 706. The molecule has 1 unspecified atom stereocenters. The molecule has 9 heteroatoms. The first-order valence-corrected chi connectivity index (χ1v) is 8.27. The highest BCUT2D eigenvalue weighted by molar-refractivity contribution is 5.92. The van der Waals surface area contributed by atoms with Crippen molar-refractivity contribution in [2.75, 3.05) is 33.4 Å². The molecule has 9 nitrogen and oxygen atoms in total. The first-order chi connectivity index (χ1) is 12.1. The molecule has 1 saturated heterocycles. The second-order valence-corrected chi connectivity index (χ2v) is 6.12. The number of nitrogens with zero attached hydrogens (tertiary/aromatic N) is 5. The number of aromatic nitrogens is 4. The lowest BCUT2D eigenvalue weighted by Gasteiger charge is -2.13. The normalized spacial score (nSPS) is 17.4. The van der Waals surface area contributed by atoms with Crippen LogP contribution < -0.4 is 0 Å². The number of carbonyl (C=O) groups excluding carboxylic acids is 1. The summed E-state index contributed by atoms with van der Waals surface area (Å²) in [4.78, 5) is 18.7. The maximum atomic E-state index is 12.6. The van der Waals surface area contributed by atoms with Crippen LogP contribution in [-0.4, -0.2) is 64.1 Å². The van der Waals surface area contributed by atoms with Gasteiger partial charge in [-0.15, -0.1) is 0 Å². The van der Waals surface area contributed by atoms with Gasteiger partial charge in [0.2, 0.25) is 0 Å². The lowest BCUT2D eigenvalue weighted by molar-refractivity contribution is 0.0494. The van der Waals surface area contributed by atoms with Gasteiger partial charge in [0.15, 0.2) is 11.5 Å². The monoisotopic (exact) mass is 349 g/mol. The molecule has 3 rings (SSSR count). The number of aryl methyl sites for hydroxylation is 2. The van der Waals surface area contributed by atoms with Crippen LogP contribution in [0.15, 0.2) is 10.6 Å². The minimum Gasteiger partial charge on any atom is -0.382 e. The highest BCUT2D eigenvalue weighted by Gasteiger charge is 2.32. The van der Waals surface area contributed by atoms with Gasteiger partial charge in [0.1, 0.15) is 6.61 Å². The molecule has 3 heterocycles. The molecule has 136 valence electrons. The maximum absolute atomic E-state index is 12.6. The van der Waals surface area contributed by atoms with Crippen LogP contribution in [0, 0.1) is 6.92 Å². The molecule has 0 saturated carbocycles. The first kappa shape index (κ1) is 17.6. The Balaban J connectivity index is 1.55. The van der Waals surface area contributed by atoms with Crippen molar-refractivity contribution in [3.05, 3.63) is 29.2 Å². The van der Waals surface area contributed by atoms with Crippen molar-refractivity contribution < 1.29 is 18.8 Å². The largest absolute Gasteiger partial charge is 0.382 e. The summed E-state index contributed by atoms with van der Waals surface area (Å²) in [7, 11) is 3.45. The fourth-order valence-corrected chi connectivity index (χ4v) is 2.78. The van der Waals surface area contributed by atoms with E-state index in [4.69, 9.17) is 14.0 Å². The summed E-state index contributed by atoms with van der Waals surface area (Å²) >= 11 is 0. The lowest BCUT2D eigenvalue weighted by atomic mass is 10.1. The number of carbonyl (C=O) groups is 1. The third-order valence-corrected chi connectivity index (χ3v) is 4.31. The van der Waals surface area contributed by atoms with Crippen molar-refractivity contribution in [1.29, 1.82) is 0 Å². The van der Waals surface area contributed by atoms with E-state index < -0.39 is 0 Å². The van der Waals surface area contributed by atoms with Crippen LogP contribution in [0.2, 0.25) is 0 Å². The van der Waals surface area contributed by atoms with Crippen LogP contribution in [0.3, 0.4) is 0 Å². The molecule has 0 aromatic carbocycles. The molecule has 1 fully saturated rings. The minimum atomic E-state index is -0.0576. The Morgan fingerprint density at radius 1 is 1.44 bits per heavy atom. The molecule has 1 aliphatic heterocycles. The van der Waals surface area contributed by atoms with Gasteiger partial charge in [-0.05, 0) is 19.4 Å². The third kappa shape index (κ3) is 4.05. The highest BCUT2D eigenvalue weighted by Crippen LogP contribution is 2.26. The molecule has 1 amide bonds. The zero-order valence-corrected chi connectivity index (χ0v) is 14.8. The highest BCUT2D eigenvalue weighted by atomic mass is 16.5. The molecule has 0 aliphatic carbocycles. The average Bonchev–Trinajstić information content (AvgIpc) is 3.32. The van der Waals surface area contributed by atoms with E-state index in [0.29, 0.717) is 43.7 Å². The first-order valence-electron chi connectivity index (χ1n) is 8.27. The van der Waals surface area contributed by atoms with E-state index in [1.807, 2.05) is 14.0 Å². The van der Waals surface area contributed by atoms with Crippen molar-refractivity contribution in [1.82, 2.24) is 24.8 Å². The number of hydrogen-bond donors (Lipinski definition) is 0. The van der Waals surface area contributed by atoms with Gasteiger partial charge in [0.05, 0.1) is 13.2 Å². The van der Waals surface area contributed by atoms with Gasteiger partial charge in [-0.1, -0.05) is 5.16 Å². The second kappa shape index (κ2) is 7.75. The number of rotatable bonds is 7. The van der Waals surface area contributed by atoms with Gasteiger partial charge in [0, 0.05) is 38.9 Å². The number of likely N-dealkylation sites (tertiary alicyclic amines) is 1. The topological polar surface area (TPSA) is 95.5 Å². The van der Waals surface area contributed by atoms with Gasteiger partial charge >= 0.3 is 0 Å². The molecular weight excluding hydrogens is 326 g/mol. The Kier molecular flexibility index (Phi) is 5.44. The average molecular weight is 349 g/mol. The molecule has 1 atom stereocenters. The predicted octanol–water partition coefficient (Wildman–Crippen LogP) is 0.904. The molecule has 2 aromatic rings. The lowest BCUT2D eigenvalue weighted by Crippen LogP contribution is -2.29. The molecule has 2 aromatic heterocycles. The van der Waals surface area contributed by atoms with E-state index in [1.54, 1.807) is 22.8 Å². The van der Waals surface area contributed by atoms with Crippen LogP contribution in [0.4, 0.5) is 0 Å². The summed E-state index contributed by atoms with van der Waals surface area (Å²) in [5.74, 6) is 1.08. The van der Waals surface area contributed by atoms with Crippen molar-refractivity contribution in [3.63, 3.8) is 0 Å². The summed E-state index contributed by atoms with van der Waals surface area (Å²) in [5, 5.41) is 8.28. The van der Waals surface area contributed by atoms with Gasteiger partial charge in [-0.3, -0.25) is 9.48 Å². The zero-order valence-electron chi connectivity index (χ0n) is 14.8. The molecule has 0 radical (unpaired) electrons. The molecule has 0 N–H and O–H groups in total. The summed E-state index contributed by atoms with van der Waals surface area (Å²) in [6.07, 6.45) is 0.807. The van der Waals surface area contributed by atoms with Crippen LogP contribution in [0.5, 0.6) is 0 Å². The molecule has 25 heavy (non-hydrogen) atoms. The van der Waals surface area contributed by atoms with E-state index in [0.717, 1.165) is 12.1 Å². The van der Waals surface area contributed by atoms with E-state index in [1.165, 1.54) is 0 Å². The SMILES string of the molecule is COCCOCc1nc(C2CCN(C(=O)c3cc(C)n(C)n3)C2)no1. The van der Waals surface area contributed by atoms with Crippen molar-refractivity contribution >= 4 is 5.91 Å². The predicted molar refractivity (Wildman–Crippen MR) is 87.0 cm³/mol. The number of methoxy groups -OCH3 is 1. The Labute approximate surface area is 145 Å². The van der Waals surface area contributed by atoms with E-state index in [2.05, 4.69) is 15.2 Å². The van der Waals surface area contributed by atoms with E-state index in [-0.39, 0.29) is 18.4 Å². The molecular formula is C16H23N5O4.